The van der Waals surface area contributed by atoms with Gasteiger partial charge in [-0.3, -0.25) is 4.31 Å². The van der Waals surface area contributed by atoms with Crippen molar-refractivity contribution in [2.24, 2.45) is 0 Å². The minimum absolute atomic E-state index is 0.0254. The molecule has 2 aromatic carbocycles. The van der Waals surface area contributed by atoms with Crippen LogP contribution in [0.2, 0.25) is 0 Å². The van der Waals surface area contributed by atoms with E-state index >= 15 is 0 Å². The van der Waals surface area contributed by atoms with Crippen molar-refractivity contribution in [2.45, 2.75) is 16.2 Å². The molecule has 0 unspecified atom stereocenters. The van der Waals surface area contributed by atoms with Crippen molar-refractivity contribution in [2.75, 3.05) is 17.6 Å². The summed E-state index contributed by atoms with van der Waals surface area (Å²) in [5.74, 6) is -2.34. The van der Waals surface area contributed by atoms with Gasteiger partial charge in [-0.25, -0.2) is 21.2 Å². The molecule has 27 heavy (non-hydrogen) atoms. The highest BCUT2D eigenvalue weighted by Gasteiger charge is 2.32. The lowest BCUT2D eigenvalue weighted by atomic mass is 10.3. The van der Waals surface area contributed by atoms with Crippen LogP contribution in [0.4, 0.5) is 23.2 Å². The Kier molecular flexibility index (Phi) is 5.44. The Morgan fingerprint density at radius 1 is 0.963 bits per heavy atom. The molecule has 0 aromatic heterocycles. The molecule has 2 rings (SSSR count). The van der Waals surface area contributed by atoms with Crippen LogP contribution < -0.4 is 9.04 Å². The molecule has 0 fully saturated rings. The molecule has 0 heterocycles. The number of halogens is 4. The Hall–Kier alpha value is -2.34. The molecule has 0 aliphatic carbocycles. The van der Waals surface area contributed by atoms with Crippen molar-refractivity contribution < 1.29 is 39.1 Å². The van der Waals surface area contributed by atoms with Crippen LogP contribution in [0.15, 0.2) is 52.3 Å². The van der Waals surface area contributed by atoms with E-state index in [9.17, 15) is 34.4 Å². The second kappa shape index (κ2) is 7.00. The molecule has 0 spiro atoms. The molecule has 148 valence electrons. The topological polar surface area (TPSA) is 80.8 Å². The second-order valence-electron chi connectivity index (χ2n) is 5.38. The quantitative estimate of drug-likeness (QED) is 0.686. The number of anilines is 1. The highest BCUT2D eigenvalue weighted by Crippen LogP contribution is 2.29. The Balaban J connectivity index is 2.37. The number of nitrogens with zero attached hydrogens (tertiary/aromatic N) is 1. The maximum Gasteiger partial charge on any atom is 0.573 e. The fourth-order valence-electron chi connectivity index (χ4n) is 2.08. The minimum Gasteiger partial charge on any atom is -0.406 e. The average molecular weight is 427 g/mol. The lowest BCUT2D eigenvalue weighted by Gasteiger charge is -2.20. The first-order valence-corrected chi connectivity index (χ1v) is 10.4. The first-order chi connectivity index (χ1) is 12.2. The van der Waals surface area contributed by atoms with E-state index in [4.69, 9.17) is 0 Å². The fourth-order valence-corrected chi connectivity index (χ4v) is 3.95. The summed E-state index contributed by atoms with van der Waals surface area (Å²) in [7, 11) is -6.86. The summed E-state index contributed by atoms with van der Waals surface area (Å²) in [6.07, 6.45) is -4.08. The van der Waals surface area contributed by atoms with E-state index in [1.807, 2.05) is 0 Å². The van der Waals surface area contributed by atoms with Gasteiger partial charge in [0.2, 0.25) is 0 Å². The summed E-state index contributed by atoms with van der Waals surface area (Å²) in [6, 6.07) is 6.37. The average Bonchev–Trinajstić information content (AvgIpc) is 2.51. The van der Waals surface area contributed by atoms with Crippen molar-refractivity contribution in [3.63, 3.8) is 0 Å². The number of sulfonamides is 1. The maximum absolute atomic E-state index is 14.1. The highest BCUT2D eigenvalue weighted by atomic mass is 32.2. The largest absolute Gasteiger partial charge is 0.573 e. The van der Waals surface area contributed by atoms with Crippen LogP contribution in [-0.2, 0) is 19.9 Å². The number of benzene rings is 2. The fraction of sp³-hybridized carbons (Fsp3) is 0.200. The number of hydrogen-bond donors (Lipinski definition) is 0. The highest BCUT2D eigenvalue weighted by molar-refractivity contribution is 7.92. The Labute approximate surface area is 153 Å². The van der Waals surface area contributed by atoms with E-state index in [0.717, 1.165) is 13.3 Å². The SMILES string of the molecule is CN(c1ccc(S(C)(=O)=O)cc1)S(=O)(=O)c1ccc(OC(F)(F)F)cc1F. The summed E-state index contributed by atoms with van der Waals surface area (Å²) in [4.78, 5) is -0.913. The first kappa shape index (κ1) is 21.0. The van der Waals surface area contributed by atoms with E-state index in [2.05, 4.69) is 4.74 Å². The lowest BCUT2D eigenvalue weighted by molar-refractivity contribution is -0.274. The van der Waals surface area contributed by atoms with Crippen LogP contribution in [0, 0.1) is 5.82 Å². The second-order valence-corrected chi connectivity index (χ2v) is 9.33. The molecule has 12 heteroatoms. The molecule has 2 aromatic rings. The van der Waals surface area contributed by atoms with Crippen molar-refractivity contribution in [1.82, 2.24) is 0 Å². The van der Waals surface area contributed by atoms with Gasteiger partial charge in [0, 0.05) is 19.4 Å². The Bertz CT molecular complexity index is 1050. The van der Waals surface area contributed by atoms with Crippen LogP contribution in [0.1, 0.15) is 0 Å². The molecule has 6 nitrogen and oxygen atoms in total. The van der Waals surface area contributed by atoms with Crippen molar-refractivity contribution in [1.29, 1.82) is 0 Å². The number of alkyl halides is 3. The molecule has 0 N–H and O–H groups in total. The zero-order valence-corrected chi connectivity index (χ0v) is 15.5. The van der Waals surface area contributed by atoms with E-state index in [-0.39, 0.29) is 10.6 Å². The molecular formula is C15H13F4NO5S2. The Morgan fingerprint density at radius 2 is 1.52 bits per heavy atom. The molecule has 0 aliphatic heterocycles. The van der Waals surface area contributed by atoms with Gasteiger partial charge in [-0.15, -0.1) is 13.2 Å². The number of sulfone groups is 1. The normalized spacial score (nSPS) is 12.7. The third kappa shape index (κ3) is 4.89. The van der Waals surface area contributed by atoms with Gasteiger partial charge in [0.1, 0.15) is 16.5 Å². The van der Waals surface area contributed by atoms with Gasteiger partial charge in [-0.2, -0.15) is 0 Å². The van der Waals surface area contributed by atoms with Gasteiger partial charge in [0.25, 0.3) is 10.0 Å². The summed E-state index contributed by atoms with van der Waals surface area (Å²) in [5.41, 5.74) is 0.0254. The molecular weight excluding hydrogens is 414 g/mol. The van der Waals surface area contributed by atoms with E-state index in [0.29, 0.717) is 22.5 Å². The lowest BCUT2D eigenvalue weighted by Crippen LogP contribution is -2.27. The molecule has 0 saturated carbocycles. The summed E-state index contributed by atoms with van der Waals surface area (Å²) >= 11 is 0. The molecule has 0 atom stereocenters. The molecule has 0 amide bonds. The van der Waals surface area contributed by atoms with Crippen LogP contribution in [0.5, 0.6) is 5.75 Å². The molecule has 0 bridgehead atoms. The van der Waals surface area contributed by atoms with Gasteiger partial charge >= 0.3 is 6.36 Å². The number of rotatable bonds is 5. The van der Waals surface area contributed by atoms with Crippen LogP contribution in [0.25, 0.3) is 0 Å². The van der Waals surface area contributed by atoms with Crippen molar-refractivity contribution in [3.05, 3.63) is 48.3 Å². The van der Waals surface area contributed by atoms with Crippen LogP contribution in [-0.4, -0.2) is 36.5 Å². The maximum atomic E-state index is 14.1. The third-order valence-electron chi connectivity index (χ3n) is 3.40. The van der Waals surface area contributed by atoms with Crippen LogP contribution >= 0.6 is 0 Å². The van der Waals surface area contributed by atoms with Crippen molar-refractivity contribution >= 4 is 25.5 Å². The number of hydrogen-bond acceptors (Lipinski definition) is 5. The van der Waals surface area contributed by atoms with E-state index < -0.39 is 42.7 Å². The zero-order valence-electron chi connectivity index (χ0n) is 13.9. The summed E-state index contributed by atoms with van der Waals surface area (Å²) in [5, 5.41) is 0. The van der Waals surface area contributed by atoms with Crippen molar-refractivity contribution in [3.8, 4) is 5.75 Å². The van der Waals surface area contributed by atoms with E-state index in [1.54, 1.807) is 0 Å². The summed E-state index contributed by atoms with van der Waals surface area (Å²) < 4.78 is 103. The number of ether oxygens (including phenoxy) is 1. The van der Waals surface area contributed by atoms with Gasteiger partial charge in [0.15, 0.2) is 9.84 Å². The minimum atomic E-state index is -5.05. The third-order valence-corrected chi connectivity index (χ3v) is 6.35. The van der Waals surface area contributed by atoms with Gasteiger partial charge in [0.05, 0.1) is 10.6 Å². The first-order valence-electron chi connectivity index (χ1n) is 7.06. The molecule has 0 saturated heterocycles. The molecule has 0 aliphatic rings. The van der Waals surface area contributed by atoms with Gasteiger partial charge < -0.3 is 4.74 Å². The van der Waals surface area contributed by atoms with E-state index in [1.165, 1.54) is 24.3 Å². The van der Waals surface area contributed by atoms with Gasteiger partial charge in [-0.05, 0) is 36.4 Å². The predicted molar refractivity (Wildman–Crippen MR) is 88.2 cm³/mol. The standard InChI is InChI=1S/C15H13F4NO5S2/c1-20(10-3-6-12(7-4-10)26(2,21)22)27(23,24)14-8-5-11(9-13(14)16)25-15(17,18)19/h3-9H,1-2H3. The Morgan fingerprint density at radius 3 is 1.96 bits per heavy atom. The van der Waals surface area contributed by atoms with Crippen LogP contribution in [0.3, 0.4) is 0 Å². The summed E-state index contributed by atoms with van der Waals surface area (Å²) in [6.45, 7) is 0. The smallest absolute Gasteiger partial charge is 0.406 e. The predicted octanol–water partition coefficient (Wildman–Crippen LogP) is 2.95. The zero-order chi connectivity index (χ0) is 20.6. The van der Waals surface area contributed by atoms with Gasteiger partial charge in [-0.1, -0.05) is 0 Å². The monoisotopic (exact) mass is 427 g/mol. The molecule has 0 radical (unpaired) electrons.